The number of ether oxygens (including phenoxy) is 1. The lowest BCUT2D eigenvalue weighted by Crippen LogP contribution is -2.24. The molecule has 0 spiro atoms. The van der Waals surface area contributed by atoms with Gasteiger partial charge in [0.05, 0.1) is 5.69 Å². The fourth-order valence-electron chi connectivity index (χ4n) is 2.18. The van der Waals surface area contributed by atoms with Gasteiger partial charge in [-0.25, -0.2) is 4.98 Å². The number of hydrogen-bond donors (Lipinski definition) is 0. The lowest BCUT2D eigenvalue weighted by Gasteiger charge is -2.11. The Hall–Kier alpha value is -1.88. The van der Waals surface area contributed by atoms with Gasteiger partial charge >= 0.3 is 0 Å². The van der Waals surface area contributed by atoms with Crippen molar-refractivity contribution in [3.63, 3.8) is 0 Å². The quantitative estimate of drug-likeness (QED) is 0.822. The minimum Gasteiger partial charge on any atom is -0.550 e. The second-order valence-electron chi connectivity index (χ2n) is 5.24. The van der Waals surface area contributed by atoms with Crippen LogP contribution in [0.3, 0.4) is 0 Å². The lowest BCUT2D eigenvalue weighted by atomic mass is 9.98. The number of aromatic nitrogens is 1. The second kappa shape index (κ2) is 6.72. The molecular formula is C16H18NO3S-. The van der Waals surface area contributed by atoms with E-state index in [1.807, 2.05) is 12.1 Å². The van der Waals surface area contributed by atoms with Gasteiger partial charge in [0.15, 0.2) is 0 Å². The number of aryl methyl sites for hydroxylation is 1. The van der Waals surface area contributed by atoms with E-state index in [1.54, 1.807) is 5.38 Å². The van der Waals surface area contributed by atoms with Crippen molar-refractivity contribution in [2.24, 2.45) is 0 Å². The zero-order valence-electron chi connectivity index (χ0n) is 12.4. The van der Waals surface area contributed by atoms with Crippen LogP contribution in [0.2, 0.25) is 0 Å². The van der Waals surface area contributed by atoms with E-state index in [-0.39, 0.29) is 6.42 Å². The third-order valence-electron chi connectivity index (χ3n) is 3.15. The van der Waals surface area contributed by atoms with E-state index in [2.05, 4.69) is 31.8 Å². The maximum atomic E-state index is 10.5. The molecule has 0 atom stereocenters. The molecule has 0 amide bonds. The first kappa shape index (κ1) is 15.5. The first-order valence-corrected chi connectivity index (χ1v) is 7.70. The van der Waals surface area contributed by atoms with Crippen molar-refractivity contribution in [1.29, 1.82) is 0 Å². The molecule has 0 unspecified atom stereocenters. The molecule has 0 N–H and O–H groups in total. The highest BCUT2D eigenvalue weighted by Crippen LogP contribution is 2.24. The SMILES string of the molecule is Cc1cc(OCc2nc(CC(=O)[O-])cs2)ccc1C(C)C. The molecule has 5 heteroatoms. The van der Waals surface area contributed by atoms with E-state index >= 15 is 0 Å². The number of aliphatic carboxylic acids is 1. The third-order valence-corrected chi connectivity index (χ3v) is 4.02. The Balaban J connectivity index is 1.98. The number of carboxylic acids is 1. The van der Waals surface area contributed by atoms with Crippen LogP contribution >= 0.6 is 11.3 Å². The molecule has 0 radical (unpaired) electrons. The smallest absolute Gasteiger partial charge is 0.140 e. The number of nitrogens with zero attached hydrogens (tertiary/aromatic N) is 1. The highest BCUT2D eigenvalue weighted by atomic mass is 32.1. The first-order chi connectivity index (χ1) is 9.95. The summed E-state index contributed by atoms with van der Waals surface area (Å²) in [6.07, 6.45) is -0.154. The maximum Gasteiger partial charge on any atom is 0.140 e. The molecule has 1 aromatic carbocycles. The summed E-state index contributed by atoms with van der Waals surface area (Å²) in [6.45, 7) is 6.75. The van der Waals surface area contributed by atoms with Crippen LogP contribution in [-0.4, -0.2) is 11.0 Å². The average molecular weight is 304 g/mol. The topological polar surface area (TPSA) is 62.2 Å². The van der Waals surface area contributed by atoms with Gasteiger partial charge in [-0.15, -0.1) is 11.3 Å². The summed E-state index contributed by atoms with van der Waals surface area (Å²) in [7, 11) is 0. The Morgan fingerprint density at radius 1 is 1.43 bits per heavy atom. The predicted molar refractivity (Wildman–Crippen MR) is 80.4 cm³/mol. The van der Waals surface area contributed by atoms with Gasteiger partial charge in [-0.1, -0.05) is 19.9 Å². The van der Waals surface area contributed by atoms with Crippen molar-refractivity contribution in [2.45, 2.75) is 39.7 Å². The van der Waals surface area contributed by atoms with E-state index in [9.17, 15) is 9.90 Å². The van der Waals surface area contributed by atoms with Crippen LogP contribution in [0.25, 0.3) is 0 Å². The number of thiazole rings is 1. The average Bonchev–Trinajstić information content (AvgIpc) is 2.82. The molecule has 4 nitrogen and oxygen atoms in total. The van der Waals surface area contributed by atoms with E-state index in [0.29, 0.717) is 18.2 Å². The summed E-state index contributed by atoms with van der Waals surface area (Å²) in [4.78, 5) is 14.7. The van der Waals surface area contributed by atoms with Crippen LogP contribution in [0.4, 0.5) is 0 Å². The van der Waals surface area contributed by atoms with E-state index < -0.39 is 5.97 Å². The van der Waals surface area contributed by atoms with Crippen LogP contribution in [0, 0.1) is 6.92 Å². The Kier molecular flexibility index (Phi) is 4.96. The number of rotatable bonds is 6. The predicted octanol–water partition coefficient (Wildman–Crippen LogP) is 2.45. The normalized spacial score (nSPS) is 10.9. The number of carboxylic acid groups (broad SMARTS) is 1. The molecule has 112 valence electrons. The van der Waals surface area contributed by atoms with Gasteiger partial charge in [0.1, 0.15) is 17.4 Å². The molecule has 0 aliphatic rings. The molecular weight excluding hydrogens is 286 g/mol. The molecule has 1 aromatic heterocycles. The molecule has 21 heavy (non-hydrogen) atoms. The zero-order valence-corrected chi connectivity index (χ0v) is 13.2. The number of benzene rings is 1. The fourth-order valence-corrected chi connectivity index (χ4v) is 2.88. The summed E-state index contributed by atoms with van der Waals surface area (Å²) in [5.41, 5.74) is 3.04. The van der Waals surface area contributed by atoms with E-state index in [4.69, 9.17) is 4.74 Å². The number of carbonyl (C=O) groups excluding carboxylic acids is 1. The molecule has 0 saturated heterocycles. The van der Waals surface area contributed by atoms with Crippen LogP contribution in [0.5, 0.6) is 5.75 Å². The van der Waals surface area contributed by atoms with Crippen molar-refractivity contribution >= 4 is 17.3 Å². The standard InChI is InChI=1S/C16H19NO3S/c1-10(2)14-5-4-13(6-11(14)3)20-8-15-17-12(9-21-15)7-16(18)19/h4-6,9-10H,7-8H2,1-3H3,(H,18,19)/p-1. The van der Waals surface area contributed by atoms with Crippen LogP contribution < -0.4 is 9.84 Å². The van der Waals surface area contributed by atoms with Gasteiger partial charge in [-0.05, 0) is 36.1 Å². The highest BCUT2D eigenvalue weighted by Gasteiger charge is 2.06. The first-order valence-electron chi connectivity index (χ1n) is 6.82. The fraction of sp³-hybridized carbons (Fsp3) is 0.375. The monoisotopic (exact) mass is 304 g/mol. The molecule has 1 heterocycles. The van der Waals surface area contributed by atoms with Gasteiger partial charge in [-0.3, -0.25) is 0 Å². The van der Waals surface area contributed by atoms with E-state index in [0.717, 1.165) is 10.8 Å². The molecule has 0 bridgehead atoms. The van der Waals surface area contributed by atoms with Gasteiger partial charge in [0, 0.05) is 17.8 Å². The summed E-state index contributed by atoms with van der Waals surface area (Å²) in [5, 5.41) is 13.0. The van der Waals surface area contributed by atoms with Crippen molar-refractivity contribution in [3.05, 3.63) is 45.4 Å². The summed E-state index contributed by atoms with van der Waals surface area (Å²) in [6, 6.07) is 6.06. The molecule has 2 aromatic rings. The zero-order chi connectivity index (χ0) is 15.4. The van der Waals surface area contributed by atoms with Crippen LogP contribution in [0.1, 0.15) is 41.6 Å². The van der Waals surface area contributed by atoms with Gasteiger partial charge in [0.25, 0.3) is 0 Å². The minimum absolute atomic E-state index is 0.154. The Bertz CT molecular complexity index is 634. The molecule has 0 fully saturated rings. The lowest BCUT2D eigenvalue weighted by molar-refractivity contribution is -0.304. The van der Waals surface area contributed by atoms with Crippen molar-refractivity contribution < 1.29 is 14.6 Å². The molecule has 0 saturated carbocycles. The number of carbonyl (C=O) groups is 1. The second-order valence-corrected chi connectivity index (χ2v) is 6.19. The molecule has 0 aliphatic carbocycles. The van der Waals surface area contributed by atoms with Gasteiger partial charge in [0.2, 0.25) is 0 Å². The van der Waals surface area contributed by atoms with Gasteiger partial charge in [-0.2, -0.15) is 0 Å². The Morgan fingerprint density at radius 3 is 2.81 bits per heavy atom. The van der Waals surface area contributed by atoms with Crippen molar-refractivity contribution in [2.75, 3.05) is 0 Å². The minimum atomic E-state index is -1.12. The Morgan fingerprint density at radius 2 is 2.19 bits per heavy atom. The molecule has 2 rings (SSSR count). The van der Waals surface area contributed by atoms with Crippen molar-refractivity contribution in [3.8, 4) is 5.75 Å². The van der Waals surface area contributed by atoms with Gasteiger partial charge < -0.3 is 14.6 Å². The largest absolute Gasteiger partial charge is 0.550 e. The number of hydrogen-bond acceptors (Lipinski definition) is 5. The molecule has 0 aliphatic heterocycles. The van der Waals surface area contributed by atoms with E-state index in [1.165, 1.54) is 22.5 Å². The van der Waals surface area contributed by atoms with Crippen LogP contribution in [0.15, 0.2) is 23.6 Å². The van der Waals surface area contributed by atoms with Crippen molar-refractivity contribution in [1.82, 2.24) is 4.98 Å². The highest BCUT2D eigenvalue weighted by molar-refractivity contribution is 7.09. The summed E-state index contributed by atoms with van der Waals surface area (Å²) < 4.78 is 5.71. The Labute approximate surface area is 128 Å². The third kappa shape index (κ3) is 4.29. The van der Waals surface area contributed by atoms with Crippen LogP contribution in [-0.2, 0) is 17.8 Å². The summed E-state index contributed by atoms with van der Waals surface area (Å²) in [5.74, 6) is 0.173. The maximum absolute atomic E-state index is 10.5. The summed E-state index contributed by atoms with van der Waals surface area (Å²) >= 11 is 1.40.